The average molecular weight is 296 g/mol. The Kier molecular flexibility index (Phi) is 3.31. The van der Waals surface area contributed by atoms with Crippen LogP contribution in [0, 0.1) is 11.3 Å². The molecule has 6 heteroatoms. The van der Waals surface area contributed by atoms with Crippen LogP contribution >= 0.6 is 0 Å². The van der Waals surface area contributed by atoms with Gasteiger partial charge in [-0.2, -0.15) is 5.26 Å². The highest BCUT2D eigenvalue weighted by molar-refractivity contribution is 5.95. The van der Waals surface area contributed by atoms with Crippen molar-refractivity contribution in [1.29, 1.82) is 5.26 Å². The Morgan fingerprint density at radius 1 is 1.23 bits per heavy atom. The topological polar surface area (TPSA) is 88.2 Å². The SMILES string of the molecule is COc1cc2occc2c(OC)c1-c1ccc(C#N)c(=O)[nH]1. The standard InChI is InChI=1S/C16H12N2O4/c1-20-13-7-12-10(5-6-22-12)15(21-2)14(13)11-4-3-9(8-17)16(19)18-11/h3-7H,1-2H3,(H,18,19). The van der Waals surface area contributed by atoms with Gasteiger partial charge in [-0.1, -0.05) is 0 Å². The molecule has 2 aromatic heterocycles. The van der Waals surface area contributed by atoms with Crippen LogP contribution in [0.1, 0.15) is 5.56 Å². The third-order valence-corrected chi connectivity index (χ3v) is 3.40. The second-order valence-corrected chi connectivity index (χ2v) is 4.55. The van der Waals surface area contributed by atoms with E-state index in [1.165, 1.54) is 20.3 Å². The lowest BCUT2D eigenvalue weighted by Crippen LogP contribution is -2.10. The van der Waals surface area contributed by atoms with Crippen LogP contribution in [0.2, 0.25) is 0 Å². The number of ether oxygens (including phenoxy) is 2. The van der Waals surface area contributed by atoms with Crippen molar-refractivity contribution in [3.8, 4) is 28.8 Å². The van der Waals surface area contributed by atoms with Gasteiger partial charge in [0.2, 0.25) is 0 Å². The van der Waals surface area contributed by atoms with Crippen molar-refractivity contribution in [2.45, 2.75) is 0 Å². The van der Waals surface area contributed by atoms with E-state index < -0.39 is 5.56 Å². The molecule has 0 saturated carbocycles. The number of furan rings is 1. The molecule has 3 rings (SSSR count). The number of hydrogen-bond acceptors (Lipinski definition) is 5. The van der Waals surface area contributed by atoms with Crippen LogP contribution < -0.4 is 15.0 Å². The summed E-state index contributed by atoms with van der Waals surface area (Å²) in [7, 11) is 3.06. The smallest absolute Gasteiger partial charge is 0.266 e. The molecule has 0 unspecified atom stereocenters. The second kappa shape index (κ2) is 5.30. The van der Waals surface area contributed by atoms with E-state index in [2.05, 4.69) is 4.98 Å². The first-order valence-electron chi connectivity index (χ1n) is 6.45. The van der Waals surface area contributed by atoms with Crippen LogP contribution in [0.5, 0.6) is 11.5 Å². The van der Waals surface area contributed by atoms with Crippen LogP contribution in [-0.4, -0.2) is 19.2 Å². The lowest BCUT2D eigenvalue weighted by molar-refractivity contribution is 0.399. The van der Waals surface area contributed by atoms with Gasteiger partial charge in [0, 0.05) is 6.07 Å². The number of methoxy groups -OCH3 is 2. The number of rotatable bonds is 3. The van der Waals surface area contributed by atoms with E-state index in [-0.39, 0.29) is 5.56 Å². The Morgan fingerprint density at radius 2 is 2.05 bits per heavy atom. The third kappa shape index (κ3) is 2.00. The van der Waals surface area contributed by atoms with Gasteiger partial charge < -0.3 is 18.9 Å². The van der Waals surface area contributed by atoms with E-state index >= 15 is 0 Å². The van der Waals surface area contributed by atoms with Crippen molar-refractivity contribution in [3.63, 3.8) is 0 Å². The van der Waals surface area contributed by atoms with Crippen molar-refractivity contribution >= 4 is 11.0 Å². The van der Waals surface area contributed by atoms with Gasteiger partial charge in [0.05, 0.1) is 37.1 Å². The highest BCUT2D eigenvalue weighted by Gasteiger charge is 2.19. The van der Waals surface area contributed by atoms with Crippen molar-refractivity contribution in [3.05, 3.63) is 46.4 Å². The number of pyridine rings is 1. The second-order valence-electron chi connectivity index (χ2n) is 4.55. The highest BCUT2D eigenvalue weighted by Crippen LogP contribution is 2.43. The minimum absolute atomic E-state index is 0.0473. The molecule has 0 spiro atoms. The number of benzene rings is 1. The Hall–Kier alpha value is -3.20. The fraction of sp³-hybridized carbons (Fsp3) is 0.125. The fourth-order valence-corrected chi connectivity index (χ4v) is 2.39. The van der Waals surface area contributed by atoms with Crippen LogP contribution in [0.4, 0.5) is 0 Å². The molecule has 0 aliphatic heterocycles. The molecular weight excluding hydrogens is 284 g/mol. The number of hydrogen-bond donors (Lipinski definition) is 1. The number of nitriles is 1. The van der Waals surface area contributed by atoms with Crippen LogP contribution in [0.25, 0.3) is 22.2 Å². The van der Waals surface area contributed by atoms with Gasteiger partial charge in [-0.25, -0.2) is 0 Å². The molecule has 0 saturated heterocycles. The zero-order valence-electron chi connectivity index (χ0n) is 12.0. The van der Waals surface area contributed by atoms with E-state index in [1.54, 1.807) is 24.5 Å². The van der Waals surface area contributed by atoms with Crippen molar-refractivity contribution < 1.29 is 13.9 Å². The molecule has 0 atom stereocenters. The number of fused-ring (bicyclic) bond motifs is 1. The summed E-state index contributed by atoms with van der Waals surface area (Å²) in [6.45, 7) is 0. The number of nitrogens with one attached hydrogen (secondary N) is 1. The summed E-state index contributed by atoms with van der Waals surface area (Å²) in [5.41, 5.74) is 1.30. The predicted octanol–water partition coefficient (Wildman–Crippen LogP) is 2.68. The maximum Gasteiger partial charge on any atom is 0.266 e. The monoisotopic (exact) mass is 296 g/mol. The molecule has 0 aliphatic rings. The first-order chi connectivity index (χ1) is 10.7. The maximum absolute atomic E-state index is 11.9. The number of H-pyrrole nitrogens is 1. The van der Waals surface area contributed by atoms with Gasteiger partial charge in [-0.3, -0.25) is 4.79 Å². The predicted molar refractivity (Wildman–Crippen MR) is 80.1 cm³/mol. The van der Waals surface area contributed by atoms with Crippen LogP contribution in [0.3, 0.4) is 0 Å². The van der Waals surface area contributed by atoms with Gasteiger partial charge >= 0.3 is 0 Å². The average Bonchev–Trinajstić information content (AvgIpc) is 3.00. The molecule has 3 aromatic rings. The Morgan fingerprint density at radius 3 is 2.68 bits per heavy atom. The first kappa shape index (κ1) is 13.8. The molecule has 6 nitrogen and oxygen atoms in total. The zero-order valence-corrected chi connectivity index (χ0v) is 12.0. The summed E-state index contributed by atoms with van der Waals surface area (Å²) in [6.07, 6.45) is 1.55. The van der Waals surface area contributed by atoms with Crippen LogP contribution in [-0.2, 0) is 0 Å². The fourth-order valence-electron chi connectivity index (χ4n) is 2.39. The maximum atomic E-state index is 11.9. The summed E-state index contributed by atoms with van der Waals surface area (Å²) < 4.78 is 16.3. The van der Waals surface area contributed by atoms with Crippen LogP contribution in [0.15, 0.2) is 39.7 Å². The Labute approximate surface area is 125 Å². The molecule has 110 valence electrons. The summed E-state index contributed by atoms with van der Waals surface area (Å²) in [6, 6.07) is 8.45. The van der Waals surface area contributed by atoms with E-state index in [0.717, 1.165) is 5.39 Å². The number of nitrogens with zero attached hydrogens (tertiary/aromatic N) is 1. The molecule has 1 aromatic carbocycles. The number of aromatic amines is 1. The molecular formula is C16H12N2O4. The largest absolute Gasteiger partial charge is 0.496 e. The summed E-state index contributed by atoms with van der Waals surface area (Å²) in [5.74, 6) is 1.03. The Balaban J connectivity index is 2.36. The van der Waals surface area contributed by atoms with Gasteiger partial charge in [0.1, 0.15) is 28.7 Å². The molecule has 0 fully saturated rings. The van der Waals surface area contributed by atoms with Crippen molar-refractivity contribution in [2.24, 2.45) is 0 Å². The highest BCUT2D eigenvalue weighted by atomic mass is 16.5. The quantitative estimate of drug-likeness (QED) is 0.802. The van der Waals surface area contributed by atoms with Gasteiger partial charge in [-0.05, 0) is 18.2 Å². The zero-order chi connectivity index (χ0) is 15.7. The lowest BCUT2D eigenvalue weighted by atomic mass is 10.0. The van der Waals surface area contributed by atoms with E-state index in [4.69, 9.17) is 19.2 Å². The van der Waals surface area contributed by atoms with E-state index in [1.807, 2.05) is 6.07 Å². The lowest BCUT2D eigenvalue weighted by Gasteiger charge is -2.14. The molecule has 0 aliphatic carbocycles. The first-order valence-corrected chi connectivity index (χ1v) is 6.45. The molecule has 22 heavy (non-hydrogen) atoms. The number of aromatic nitrogens is 1. The van der Waals surface area contributed by atoms with Crippen molar-refractivity contribution in [1.82, 2.24) is 4.98 Å². The molecule has 0 bridgehead atoms. The van der Waals surface area contributed by atoms with E-state index in [0.29, 0.717) is 28.3 Å². The summed E-state index contributed by atoms with van der Waals surface area (Å²) >= 11 is 0. The minimum atomic E-state index is -0.462. The normalized spacial score (nSPS) is 10.4. The van der Waals surface area contributed by atoms with Gasteiger partial charge in [0.15, 0.2) is 0 Å². The molecule has 0 radical (unpaired) electrons. The van der Waals surface area contributed by atoms with Gasteiger partial charge in [-0.15, -0.1) is 0 Å². The molecule has 1 N–H and O–H groups in total. The molecule has 0 amide bonds. The van der Waals surface area contributed by atoms with E-state index in [9.17, 15) is 4.79 Å². The van der Waals surface area contributed by atoms with Gasteiger partial charge in [0.25, 0.3) is 5.56 Å². The van der Waals surface area contributed by atoms with Crippen molar-refractivity contribution in [2.75, 3.05) is 14.2 Å². The summed E-state index contributed by atoms with van der Waals surface area (Å²) in [4.78, 5) is 14.6. The minimum Gasteiger partial charge on any atom is -0.496 e. The summed E-state index contributed by atoms with van der Waals surface area (Å²) in [5, 5.41) is 9.63. The third-order valence-electron chi connectivity index (χ3n) is 3.40. The molecule has 2 heterocycles. The Bertz CT molecular complexity index is 947.